The number of hydrogen-bond acceptors (Lipinski definition) is 5. The predicted molar refractivity (Wildman–Crippen MR) is 85.0 cm³/mol. The molecule has 1 aromatic carbocycles. The molecule has 22 heavy (non-hydrogen) atoms. The van der Waals surface area contributed by atoms with E-state index in [0.717, 1.165) is 4.88 Å². The first kappa shape index (κ1) is 16.0. The lowest BCUT2D eigenvalue weighted by atomic mass is 10.3. The lowest BCUT2D eigenvalue weighted by Crippen LogP contribution is -2.43. The molecule has 6 nitrogen and oxygen atoms in total. The maximum atomic E-state index is 11.9. The highest BCUT2D eigenvalue weighted by Crippen LogP contribution is 2.16. The van der Waals surface area contributed by atoms with Crippen molar-refractivity contribution in [2.75, 3.05) is 11.9 Å². The van der Waals surface area contributed by atoms with Gasteiger partial charge in [0.1, 0.15) is 11.8 Å². The van der Waals surface area contributed by atoms with Gasteiger partial charge in [0.2, 0.25) is 5.91 Å². The second-order valence-corrected chi connectivity index (χ2v) is 5.89. The Hall–Kier alpha value is -2.41. The number of amides is 2. The normalized spacial score (nSPS) is 11.5. The van der Waals surface area contributed by atoms with E-state index in [9.17, 15) is 9.59 Å². The third-order valence-electron chi connectivity index (χ3n) is 2.74. The number of ether oxygens (including phenoxy) is 1. The van der Waals surface area contributed by atoms with E-state index in [1.165, 1.54) is 11.3 Å². The minimum absolute atomic E-state index is 0.141. The molecular weight excluding hydrogens is 302 g/mol. The van der Waals surface area contributed by atoms with Crippen molar-refractivity contribution in [2.24, 2.45) is 0 Å². The van der Waals surface area contributed by atoms with Crippen LogP contribution < -0.4 is 15.4 Å². The van der Waals surface area contributed by atoms with Crippen LogP contribution in [0.2, 0.25) is 0 Å². The van der Waals surface area contributed by atoms with Gasteiger partial charge in [-0.25, -0.2) is 4.98 Å². The van der Waals surface area contributed by atoms with E-state index in [1.807, 2.05) is 25.1 Å². The molecule has 2 N–H and O–H groups in total. The highest BCUT2D eigenvalue weighted by atomic mass is 32.1. The number of aryl methyl sites for hydroxylation is 1. The molecule has 0 aliphatic rings. The van der Waals surface area contributed by atoms with Gasteiger partial charge >= 0.3 is 0 Å². The molecule has 0 saturated carbocycles. The van der Waals surface area contributed by atoms with Crippen molar-refractivity contribution < 1.29 is 14.3 Å². The van der Waals surface area contributed by atoms with E-state index in [0.29, 0.717) is 10.9 Å². The Balaban J connectivity index is 1.76. The Labute approximate surface area is 132 Å². The molecule has 0 unspecified atom stereocenters. The molecule has 116 valence electrons. The van der Waals surface area contributed by atoms with Crippen LogP contribution in [0.1, 0.15) is 11.8 Å². The molecular formula is C15H17N3O3S. The maximum absolute atomic E-state index is 11.9. The standard InChI is InChI=1S/C15H17N3O3S/c1-10-8-16-15(22-10)18-14(20)11(2)17-13(19)9-21-12-6-4-3-5-7-12/h3-8,11H,9H2,1-2H3,(H,17,19)(H,16,18,20)/t11-/m0/s1. The summed E-state index contributed by atoms with van der Waals surface area (Å²) < 4.78 is 5.32. The summed E-state index contributed by atoms with van der Waals surface area (Å²) in [5, 5.41) is 5.75. The summed E-state index contributed by atoms with van der Waals surface area (Å²) >= 11 is 1.38. The van der Waals surface area contributed by atoms with Crippen LogP contribution in [0.4, 0.5) is 5.13 Å². The molecule has 0 aliphatic carbocycles. The summed E-state index contributed by atoms with van der Waals surface area (Å²) in [6.07, 6.45) is 1.68. The maximum Gasteiger partial charge on any atom is 0.258 e. The van der Waals surface area contributed by atoms with Gasteiger partial charge in [-0.15, -0.1) is 11.3 Å². The van der Waals surface area contributed by atoms with E-state index < -0.39 is 6.04 Å². The first-order valence-electron chi connectivity index (χ1n) is 6.75. The van der Waals surface area contributed by atoms with Crippen LogP contribution in [0.5, 0.6) is 5.75 Å². The smallest absolute Gasteiger partial charge is 0.258 e. The van der Waals surface area contributed by atoms with E-state index in [-0.39, 0.29) is 18.4 Å². The predicted octanol–water partition coefficient (Wildman–Crippen LogP) is 1.97. The summed E-state index contributed by atoms with van der Waals surface area (Å²) in [6.45, 7) is 3.37. The van der Waals surface area contributed by atoms with Crippen molar-refractivity contribution in [1.82, 2.24) is 10.3 Å². The van der Waals surface area contributed by atoms with Crippen molar-refractivity contribution in [2.45, 2.75) is 19.9 Å². The number of carbonyl (C=O) groups excluding carboxylic acids is 2. The Kier molecular flexibility index (Phi) is 5.48. The average Bonchev–Trinajstić information content (AvgIpc) is 2.91. The van der Waals surface area contributed by atoms with E-state index in [4.69, 9.17) is 4.74 Å². The summed E-state index contributed by atoms with van der Waals surface area (Å²) in [6, 6.07) is 8.34. The molecule has 1 heterocycles. The SMILES string of the molecule is Cc1cnc(NC(=O)[C@H](C)NC(=O)COc2ccccc2)s1. The number of nitrogens with zero attached hydrogens (tertiary/aromatic N) is 1. The third-order valence-corrected chi connectivity index (χ3v) is 3.56. The fourth-order valence-corrected chi connectivity index (χ4v) is 2.31. The van der Waals surface area contributed by atoms with Gasteiger partial charge in [-0.3, -0.25) is 9.59 Å². The van der Waals surface area contributed by atoms with Crippen LogP contribution in [0, 0.1) is 6.92 Å². The van der Waals surface area contributed by atoms with Gasteiger partial charge in [0.05, 0.1) is 0 Å². The number of carbonyl (C=O) groups is 2. The van der Waals surface area contributed by atoms with Gasteiger partial charge in [0.15, 0.2) is 11.7 Å². The lowest BCUT2D eigenvalue weighted by Gasteiger charge is -2.13. The molecule has 0 aliphatic heterocycles. The zero-order valence-electron chi connectivity index (χ0n) is 12.3. The largest absolute Gasteiger partial charge is 0.484 e. The Morgan fingerprint density at radius 3 is 2.68 bits per heavy atom. The van der Waals surface area contributed by atoms with Crippen molar-refractivity contribution in [3.05, 3.63) is 41.4 Å². The summed E-state index contributed by atoms with van der Waals surface area (Å²) in [4.78, 5) is 28.7. The van der Waals surface area contributed by atoms with Crippen molar-refractivity contribution in [3.63, 3.8) is 0 Å². The second kappa shape index (κ2) is 7.56. The van der Waals surface area contributed by atoms with Gasteiger partial charge in [0, 0.05) is 11.1 Å². The fraction of sp³-hybridized carbons (Fsp3) is 0.267. The molecule has 2 amide bonds. The molecule has 0 radical (unpaired) electrons. The first-order chi connectivity index (χ1) is 10.5. The number of anilines is 1. The highest BCUT2D eigenvalue weighted by Gasteiger charge is 2.17. The first-order valence-corrected chi connectivity index (χ1v) is 7.57. The summed E-state index contributed by atoms with van der Waals surface area (Å²) in [5.41, 5.74) is 0. The van der Waals surface area contributed by atoms with Crippen molar-refractivity contribution >= 4 is 28.3 Å². The molecule has 1 aromatic heterocycles. The third kappa shape index (κ3) is 4.85. The topological polar surface area (TPSA) is 80.3 Å². The molecule has 0 bridgehead atoms. The van der Waals surface area contributed by atoms with Gasteiger partial charge in [-0.1, -0.05) is 18.2 Å². The number of rotatable bonds is 6. The van der Waals surface area contributed by atoms with Gasteiger partial charge in [-0.05, 0) is 26.0 Å². The number of nitrogens with one attached hydrogen (secondary N) is 2. The Morgan fingerprint density at radius 1 is 1.32 bits per heavy atom. The van der Waals surface area contributed by atoms with Crippen LogP contribution in [-0.2, 0) is 9.59 Å². The van der Waals surface area contributed by atoms with E-state index in [2.05, 4.69) is 15.6 Å². The summed E-state index contributed by atoms with van der Waals surface area (Å²) in [5.74, 6) is -0.0720. The zero-order valence-corrected chi connectivity index (χ0v) is 13.1. The molecule has 2 aromatic rings. The molecule has 2 rings (SSSR count). The number of aromatic nitrogens is 1. The van der Waals surface area contributed by atoms with Crippen molar-refractivity contribution in [1.29, 1.82) is 0 Å². The van der Waals surface area contributed by atoms with E-state index >= 15 is 0 Å². The van der Waals surface area contributed by atoms with E-state index in [1.54, 1.807) is 25.3 Å². The molecule has 0 saturated heterocycles. The number of benzene rings is 1. The van der Waals surface area contributed by atoms with Crippen LogP contribution >= 0.6 is 11.3 Å². The zero-order chi connectivity index (χ0) is 15.9. The van der Waals surface area contributed by atoms with Crippen LogP contribution in [-0.4, -0.2) is 29.4 Å². The molecule has 0 fully saturated rings. The monoisotopic (exact) mass is 319 g/mol. The minimum atomic E-state index is -0.670. The lowest BCUT2D eigenvalue weighted by molar-refractivity contribution is -0.127. The minimum Gasteiger partial charge on any atom is -0.484 e. The molecule has 1 atom stereocenters. The van der Waals surface area contributed by atoms with Crippen molar-refractivity contribution in [3.8, 4) is 5.75 Å². The Bertz CT molecular complexity index is 642. The van der Waals surface area contributed by atoms with Crippen LogP contribution in [0.25, 0.3) is 0 Å². The number of hydrogen-bond donors (Lipinski definition) is 2. The summed E-state index contributed by atoms with van der Waals surface area (Å²) in [7, 11) is 0. The molecule has 7 heteroatoms. The van der Waals surface area contributed by atoms with Gasteiger partial charge in [0.25, 0.3) is 5.91 Å². The van der Waals surface area contributed by atoms with Gasteiger partial charge in [-0.2, -0.15) is 0 Å². The van der Waals surface area contributed by atoms with Gasteiger partial charge < -0.3 is 15.4 Å². The van der Waals surface area contributed by atoms with Crippen LogP contribution in [0.15, 0.2) is 36.5 Å². The Morgan fingerprint density at radius 2 is 2.05 bits per heavy atom. The quantitative estimate of drug-likeness (QED) is 0.853. The number of thiazole rings is 1. The second-order valence-electron chi connectivity index (χ2n) is 4.66. The molecule has 0 spiro atoms. The van der Waals surface area contributed by atoms with Crippen LogP contribution in [0.3, 0.4) is 0 Å². The fourth-order valence-electron chi connectivity index (χ4n) is 1.64. The average molecular weight is 319 g/mol. The highest BCUT2D eigenvalue weighted by molar-refractivity contribution is 7.15. The number of para-hydroxylation sites is 1.